The van der Waals surface area contributed by atoms with Crippen LogP contribution in [0.15, 0.2) is 36.7 Å². The molecule has 0 spiro atoms. The standard InChI is InChI=1S/C21H28BN3/c1-13-9-15(3)19(16(4)10-13)24-7-8-25(21(24)22-23)20-17(5)11-14(2)12-18(20)6/h7-12H,22-23H2,1-6H3. The molecule has 0 unspecified atom stereocenters. The average Bonchev–Trinajstić information content (AvgIpc) is 2.88. The van der Waals surface area contributed by atoms with Crippen molar-refractivity contribution in [2.24, 2.45) is 5.64 Å². The van der Waals surface area contributed by atoms with Gasteiger partial charge >= 0.3 is 0 Å². The van der Waals surface area contributed by atoms with E-state index in [9.17, 15) is 0 Å². The molecule has 1 heterocycles. The molecule has 0 amide bonds. The molecule has 0 aliphatic carbocycles. The number of aryl methyl sites for hydroxylation is 6. The summed E-state index contributed by atoms with van der Waals surface area (Å²) in [7, 11) is -0.735. The fourth-order valence-corrected chi connectivity index (χ4v) is 4.32. The number of aromatic nitrogens is 2. The first kappa shape index (κ1) is 17.5. The summed E-state index contributed by atoms with van der Waals surface area (Å²) in [6.45, 7) is 13.0. The number of hydrogen-bond donors (Lipinski definition) is 1. The van der Waals surface area contributed by atoms with Crippen molar-refractivity contribution in [1.29, 1.82) is 0 Å². The van der Waals surface area contributed by atoms with Gasteiger partial charge in [0.15, 0.2) is 7.41 Å². The van der Waals surface area contributed by atoms with Crippen LogP contribution in [0.2, 0.25) is 0 Å². The van der Waals surface area contributed by atoms with Gasteiger partial charge in [-0.05, 0) is 63.8 Å². The number of rotatable bonds is 3. The van der Waals surface area contributed by atoms with Crippen LogP contribution in [0.1, 0.15) is 33.4 Å². The lowest BCUT2D eigenvalue weighted by molar-refractivity contribution is -0.576. The topological polar surface area (TPSA) is 34.8 Å². The van der Waals surface area contributed by atoms with E-state index in [1.165, 1.54) is 50.5 Å². The molecule has 2 aromatic carbocycles. The van der Waals surface area contributed by atoms with Crippen LogP contribution in [0.3, 0.4) is 0 Å². The zero-order valence-electron chi connectivity index (χ0n) is 16.4. The lowest BCUT2D eigenvalue weighted by Crippen LogP contribution is -2.54. The zero-order valence-corrected chi connectivity index (χ0v) is 16.4. The largest absolute Gasteiger partial charge is 0.497 e. The first-order valence-corrected chi connectivity index (χ1v) is 9.13. The number of hydrogen-bond acceptors (Lipinski definition) is 1. The molecule has 0 fully saturated rings. The van der Waals surface area contributed by atoms with Gasteiger partial charge in [-0.15, -0.1) is 0 Å². The van der Waals surface area contributed by atoms with Crippen molar-refractivity contribution in [2.45, 2.75) is 41.5 Å². The quantitative estimate of drug-likeness (QED) is 0.579. The summed E-state index contributed by atoms with van der Waals surface area (Å²) in [6.07, 6.45) is 4.32. The Balaban J connectivity index is 2.26. The molecule has 0 aliphatic rings. The minimum atomic E-state index is -0.735. The summed E-state index contributed by atoms with van der Waals surface area (Å²) in [5.41, 5.74) is 17.8. The Morgan fingerprint density at radius 2 is 1.28 bits per heavy atom. The Morgan fingerprint density at radius 3 is 1.76 bits per heavy atom. The van der Waals surface area contributed by atoms with E-state index < -0.39 is 7.41 Å². The highest BCUT2D eigenvalue weighted by molar-refractivity contribution is 6.47. The molecule has 3 nitrogen and oxygen atoms in total. The summed E-state index contributed by atoms with van der Waals surface area (Å²) in [6, 6.07) is 8.98. The minimum Gasteiger partial charge on any atom is -0.497 e. The van der Waals surface area contributed by atoms with E-state index in [-0.39, 0.29) is 0 Å². The molecule has 1 aromatic heterocycles. The highest BCUT2D eigenvalue weighted by Gasteiger charge is 2.20. The molecule has 0 atom stereocenters. The third kappa shape index (κ3) is 3.02. The monoisotopic (exact) mass is 333 g/mol. The molecule has 3 rings (SSSR count). The molecular weight excluding hydrogens is 305 g/mol. The molecule has 0 saturated heterocycles. The smallest absolute Gasteiger partial charge is 0.153 e. The van der Waals surface area contributed by atoms with Crippen LogP contribution < -0.4 is 15.9 Å². The third-order valence-corrected chi connectivity index (χ3v) is 5.07. The number of nitrogens with two attached hydrogens (primary N) is 1. The number of benzene rings is 2. The average molecular weight is 333 g/mol. The van der Waals surface area contributed by atoms with Gasteiger partial charge in [0.25, 0.3) is 0 Å². The molecule has 0 radical (unpaired) electrons. The van der Waals surface area contributed by atoms with E-state index in [4.69, 9.17) is 5.64 Å². The Morgan fingerprint density at radius 1 is 0.800 bits per heavy atom. The van der Waals surface area contributed by atoms with Crippen LogP contribution in [0.25, 0.3) is 11.4 Å². The van der Waals surface area contributed by atoms with E-state index in [1.54, 1.807) is 0 Å². The van der Waals surface area contributed by atoms with E-state index in [1.807, 2.05) is 0 Å². The van der Waals surface area contributed by atoms with Crippen molar-refractivity contribution in [1.82, 2.24) is 4.57 Å². The zero-order chi connectivity index (χ0) is 18.3. The first-order chi connectivity index (χ1) is 11.8. The van der Waals surface area contributed by atoms with Gasteiger partial charge in [0.1, 0.15) is 23.8 Å². The van der Waals surface area contributed by atoms with Gasteiger partial charge in [-0.25, -0.2) is 9.13 Å². The maximum absolute atomic E-state index is 6.31. The van der Waals surface area contributed by atoms with Crippen molar-refractivity contribution < 1.29 is 4.57 Å². The van der Waals surface area contributed by atoms with Gasteiger partial charge in [-0.1, -0.05) is 35.4 Å². The van der Waals surface area contributed by atoms with Gasteiger partial charge in [0.05, 0.1) is 5.72 Å². The Labute approximate surface area is 151 Å². The second-order valence-corrected chi connectivity index (χ2v) is 7.37. The SMILES string of the molecule is Cc1cc(C)c(-n2cc[n+](-c3c(C)cc(C)cc3C)c2[BH2-]N)c(C)c1. The highest BCUT2D eigenvalue weighted by atomic mass is 15.2. The molecule has 0 aliphatic heterocycles. The van der Waals surface area contributed by atoms with Crippen molar-refractivity contribution in [3.05, 3.63) is 70.0 Å². The highest BCUT2D eigenvalue weighted by Crippen LogP contribution is 2.21. The molecular formula is C21H28BN3. The fourth-order valence-electron chi connectivity index (χ4n) is 4.32. The normalized spacial score (nSPS) is 11.2. The number of nitrogens with zero attached hydrogens (tertiary/aromatic N) is 2. The molecule has 4 heteroatoms. The fraction of sp³-hybridized carbons (Fsp3) is 0.286. The molecule has 3 aromatic rings. The van der Waals surface area contributed by atoms with Crippen molar-refractivity contribution in [3.8, 4) is 11.4 Å². The second kappa shape index (κ2) is 6.53. The molecule has 0 saturated carbocycles. The Bertz CT molecular complexity index is 833. The second-order valence-electron chi connectivity index (χ2n) is 7.37. The predicted octanol–water partition coefficient (Wildman–Crippen LogP) is 2.27. The van der Waals surface area contributed by atoms with Gasteiger partial charge in [-0.3, -0.25) is 0 Å². The maximum atomic E-state index is 6.31. The van der Waals surface area contributed by atoms with E-state index >= 15 is 0 Å². The lowest BCUT2D eigenvalue weighted by Gasteiger charge is -2.15. The van der Waals surface area contributed by atoms with E-state index in [0.29, 0.717) is 0 Å². The van der Waals surface area contributed by atoms with Crippen LogP contribution >= 0.6 is 0 Å². The summed E-state index contributed by atoms with van der Waals surface area (Å²) in [5.74, 6) is 0. The first-order valence-electron chi connectivity index (χ1n) is 9.13. The third-order valence-electron chi connectivity index (χ3n) is 5.07. The van der Waals surface area contributed by atoms with Gasteiger partial charge in [-0.2, -0.15) is 0 Å². The number of imidazole rings is 1. The summed E-state index contributed by atoms with van der Waals surface area (Å²) in [4.78, 5) is 0. The van der Waals surface area contributed by atoms with Crippen LogP contribution in [0.5, 0.6) is 0 Å². The van der Waals surface area contributed by atoms with Crippen molar-refractivity contribution in [2.75, 3.05) is 0 Å². The summed E-state index contributed by atoms with van der Waals surface area (Å²) < 4.78 is 4.59. The van der Waals surface area contributed by atoms with Crippen LogP contribution in [-0.4, -0.2) is 12.0 Å². The van der Waals surface area contributed by atoms with Crippen LogP contribution in [0.4, 0.5) is 0 Å². The van der Waals surface area contributed by atoms with E-state index in [2.05, 4.69) is 87.3 Å². The Kier molecular flexibility index (Phi) is 4.57. The minimum absolute atomic E-state index is 0.735. The molecule has 25 heavy (non-hydrogen) atoms. The van der Waals surface area contributed by atoms with E-state index in [0.717, 1.165) is 0 Å². The Hall–Kier alpha value is -2.33. The maximum Gasteiger partial charge on any atom is 0.153 e. The molecule has 130 valence electrons. The van der Waals surface area contributed by atoms with Crippen molar-refractivity contribution >= 4 is 13.1 Å². The van der Waals surface area contributed by atoms with Gasteiger partial charge < -0.3 is 5.64 Å². The summed E-state index contributed by atoms with van der Waals surface area (Å²) in [5, 5.41) is 0. The van der Waals surface area contributed by atoms with Crippen LogP contribution in [0, 0.1) is 41.5 Å². The predicted molar refractivity (Wildman–Crippen MR) is 108 cm³/mol. The molecule has 2 N–H and O–H groups in total. The summed E-state index contributed by atoms with van der Waals surface area (Å²) >= 11 is 0. The van der Waals surface area contributed by atoms with Crippen LogP contribution in [-0.2, 0) is 0 Å². The lowest BCUT2D eigenvalue weighted by atomic mass is 9.93. The van der Waals surface area contributed by atoms with Gasteiger partial charge in [0, 0.05) is 0 Å². The van der Waals surface area contributed by atoms with Gasteiger partial charge in [0.2, 0.25) is 0 Å². The van der Waals surface area contributed by atoms with Crippen molar-refractivity contribution in [3.63, 3.8) is 0 Å². The molecule has 0 bridgehead atoms.